The molecule has 0 atom stereocenters. The Labute approximate surface area is 78.3 Å². The summed E-state index contributed by atoms with van der Waals surface area (Å²) in [5, 5.41) is 0. The van der Waals surface area contributed by atoms with Gasteiger partial charge in [-0.3, -0.25) is 19.1 Å². The number of carbonyl (C=O) groups is 1. The van der Waals surface area contributed by atoms with Crippen molar-refractivity contribution in [3.8, 4) is 0 Å². The third-order valence-corrected chi connectivity index (χ3v) is 1.64. The Hall–Kier alpha value is -2.05. The van der Waals surface area contributed by atoms with Crippen molar-refractivity contribution in [2.45, 2.75) is 13.0 Å². The average molecular weight is 198 g/mol. The first-order valence-corrected chi connectivity index (χ1v) is 3.88. The van der Waals surface area contributed by atoms with Crippen LogP contribution in [0.1, 0.15) is 6.42 Å². The van der Waals surface area contributed by atoms with Crippen molar-refractivity contribution in [2.24, 2.45) is 5.73 Å². The van der Waals surface area contributed by atoms with Crippen LogP contribution in [0.5, 0.6) is 0 Å². The molecular weight excluding hydrogens is 188 g/mol. The highest BCUT2D eigenvalue weighted by atomic mass is 16.2. The van der Waals surface area contributed by atoms with Gasteiger partial charge in [0, 0.05) is 19.2 Å². The average Bonchev–Trinajstić information content (AvgIpc) is 2.09. The number of anilines is 1. The molecule has 7 nitrogen and oxygen atoms in total. The Bertz CT molecular complexity index is 459. The largest absolute Gasteiger partial charge is 0.393 e. The molecule has 5 N–H and O–H groups in total. The molecule has 0 aliphatic carbocycles. The van der Waals surface area contributed by atoms with Gasteiger partial charge in [0.2, 0.25) is 5.91 Å². The first-order chi connectivity index (χ1) is 6.50. The molecule has 0 saturated heterocycles. The second-order valence-corrected chi connectivity index (χ2v) is 2.75. The van der Waals surface area contributed by atoms with Crippen LogP contribution in [-0.2, 0) is 11.3 Å². The zero-order valence-corrected chi connectivity index (χ0v) is 7.32. The summed E-state index contributed by atoms with van der Waals surface area (Å²) in [6.45, 7) is 0.106. The Morgan fingerprint density at radius 3 is 2.71 bits per heavy atom. The van der Waals surface area contributed by atoms with Crippen molar-refractivity contribution >= 4 is 11.6 Å². The van der Waals surface area contributed by atoms with Crippen molar-refractivity contribution in [2.75, 3.05) is 5.73 Å². The van der Waals surface area contributed by atoms with Crippen molar-refractivity contribution in [3.63, 3.8) is 0 Å². The van der Waals surface area contributed by atoms with Gasteiger partial charge in [-0.2, -0.15) is 0 Å². The number of H-pyrrole nitrogens is 1. The highest BCUT2D eigenvalue weighted by Crippen LogP contribution is 1.89. The number of hydrogen-bond acceptors (Lipinski definition) is 4. The summed E-state index contributed by atoms with van der Waals surface area (Å²) in [4.78, 5) is 34.4. The number of aromatic nitrogens is 2. The fourth-order valence-corrected chi connectivity index (χ4v) is 0.923. The number of nitrogen functional groups attached to an aromatic ring is 1. The minimum absolute atomic E-state index is 0.0192. The van der Waals surface area contributed by atoms with E-state index in [0.29, 0.717) is 0 Å². The van der Waals surface area contributed by atoms with E-state index in [1.54, 1.807) is 0 Å². The van der Waals surface area contributed by atoms with Crippen LogP contribution in [0.4, 0.5) is 5.69 Å². The molecule has 0 spiro atoms. The third-order valence-electron chi connectivity index (χ3n) is 1.64. The molecule has 76 valence electrons. The number of nitrogens with two attached hydrogens (primary N) is 2. The Morgan fingerprint density at radius 2 is 2.14 bits per heavy atom. The molecule has 1 amide bonds. The Balaban J connectivity index is 2.99. The molecule has 1 aromatic heterocycles. The number of amides is 1. The van der Waals surface area contributed by atoms with Gasteiger partial charge < -0.3 is 11.5 Å². The summed E-state index contributed by atoms with van der Waals surface area (Å²) in [7, 11) is 0. The van der Waals surface area contributed by atoms with Crippen LogP contribution in [0, 0.1) is 0 Å². The zero-order chi connectivity index (χ0) is 10.7. The predicted molar refractivity (Wildman–Crippen MR) is 49.5 cm³/mol. The zero-order valence-electron chi connectivity index (χ0n) is 7.32. The van der Waals surface area contributed by atoms with Crippen LogP contribution in [0.25, 0.3) is 0 Å². The monoisotopic (exact) mass is 198 g/mol. The van der Waals surface area contributed by atoms with Crippen LogP contribution in [-0.4, -0.2) is 15.5 Å². The van der Waals surface area contributed by atoms with Gasteiger partial charge in [0.25, 0.3) is 5.56 Å². The second kappa shape index (κ2) is 3.77. The lowest BCUT2D eigenvalue weighted by atomic mass is 10.4. The lowest BCUT2D eigenvalue weighted by molar-refractivity contribution is -0.118. The van der Waals surface area contributed by atoms with Crippen molar-refractivity contribution in [1.82, 2.24) is 9.55 Å². The molecule has 0 aliphatic heterocycles. The summed E-state index contributed by atoms with van der Waals surface area (Å²) in [5.41, 5.74) is 8.86. The molecule has 0 fully saturated rings. The fraction of sp³-hybridized carbons (Fsp3) is 0.286. The minimum Gasteiger partial charge on any atom is -0.393 e. The van der Waals surface area contributed by atoms with E-state index in [1.165, 1.54) is 6.20 Å². The predicted octanol–water partition coefficient (Wildman–Crippen LogP) is -2.01. The maximum Gasteiger partial charge on any atom is 0.328 e. The maximum atomic E-state index is 11.1. The van der Waals surface area contributed by atoms with Crippen LogP contribution < -0.4 is 22.7 Å². The molecule has 0 bridgehead atoms. The molecule has 0 unspecified atom stereocenters. The number of carbonyl (C=O) groups excluding carboxylic acids is 1. The molecule has 7 heteroatoms. The van der Waals surface area contributed by atoms with E-state index >= 15 is 0 Å². The summed E-state index contributed by atoms with van der Waals surface area (Å²) < 4.78 is 1.13. The Morgan fingerprint density at radius 1 is 1.50 bits per heavy atom. The number of nitrogens with zero attached hydrogens (tertiary/aromatic N) is 1. The first-order valence-electron chi connectivity index (χ1n) is 3.88. The molecule has 14 heavy (non-hydrogen) atoms. The van der Waals surface area contributed by atoms with Gasteiger partial charge in [-0.15, -0.1) is 0 Å². The minimum atomic E-state index is -0.634. The highest BCUT2D eigenvalue weighted by Gasteiger charge is 2.02. The number of aromatic amines is 1. The van der Waals surface area contributed by atoms with Crippen LogP contribution in [0.3, 0.4) is 0 Å². The van der Waals surface area contributed by atoms with E-state index in [1.807, 2.05) is 4.98 Å². The summed E-state index contributed by atoms with van der Waals surface area (Å²) in [5.74, 6) is -0.526. The van der Waals surface area contributed by atoms with E-state index in [9.17, 15) is 14.4 Å². The van der Waals surface area contributed by atoms with Crippen LogP contribution >= 0.6 is 0 Å². The number of aryl methyl sites for hydroxylation is 1. The number of primary amides is 1. The molecule has 0 aromatic carbocycles. The summed E-state index contributed by atoms with van der Waals surface area (Å²) in [6, 6.07) is 0. The third kappa shape index (κ3) is 2.22. The molecule has 0 radical (unpaired) electrons. The molecule has 1 rings (SSSR count). The van der Waals surface area contributed by atoms with E-state index in [2.05, 4.69) is 0 Å². The van der Waals surface area contributed by atoms with Gasteiger partial charge >= 0.3 is 5.69 Å². The van der Waals surface area contributed by atoms with E-state index in [-0.39, 0.29) is 18.7 Å². The van der Waals surface area contributed by atoms with Crippen LogP contribution in [0.2, 0.25) is 0 Å². The van der Waals surface area contributed by atoms with E-state index in [4.69, 9.17) is 11.5 Å². The maximum absolute atomic E-state index is 11.1. The van der Waals surface area contributed by atoms with E-state index in [0.717, 1.165) is 4.57 Å². The summed E-state index contributed by atoms with van der Waals surface area (Å²) >= 11 is 0. The quantitative estimate of drug-likeness (QED) is 0.519. The molecule has 1 heterocycles. The van der Waals surface area contributed by atoms with Crippen LogP contribution in [0.15, 0.2) is 15.8 Å². The highest BCUT2D eigenvalue weighted by molar-refractivity contribution is 5.73. The first kappa shape index (κ1) is 10.0. The number of hydrogen-bond donors (Lipinski definition) is 3. The number of rotatable bonds is 3. The smallest absolute Gasteiger partial charge is 0.328 e. The van der Waals surface area contributed by atoms with E-state index < -0.39 is 17.2 Å². The molecular formula is C7H10N4O3. The van der Waals surface area contributed by atoms with Gasteiger partial charge in [-0.1, -0.05) is 0 Å². The molecule has 1 aromatic rings. The van der Waals surface area contributed by atoms with Gasteiger partial charge in [-0.05, 0) is 0 Å². The summed E-state index contributed by atoms with van der Waals surface area (Å²) in [6.07, 6.45) is 1.20. The SMILES string of the molecule is NC(=O)CCn1cc(N)c(=O)[nH]c1=O. The van der Waals surface area contributed by atoms with Gasteiger partial charge in [-0.25, -0.2) is 4.79 Å². The van der Waals surface area contributed by atoms with Crippen molar-refractivity contribution in [1.29, 1.82) is 0 Å². The fourth-order valence-electron chi connectivity index (χ4n) is 0.923. The lowest BCUT2D eigenvalue weighted by Gasteiger charge is -2.02. The molecule has 0 aliphatic rings. The molecule has 0 saturated carbocycles. The van der Waals surface area contributed by atoms with Gasteiger partial charge in [0.1, 0.15) is 5.69 Å². The topological polar surface area (TPSA) is 124 Å². The normalized spacial score (nSPS) is 10.0. The van der Waals surface area contributed by atoms with Crippen molar-refractivity contribution < 1.29 is 4.79 Å². The van der Waals surface area contributed by atoms with Gasteiger partial charge in [0.05, 0.1) is 0 Å². The number of nitrogens with one attached hydrogen (secondary N) is 1. The lowest BCUT2D eigenvalue weighted by Crippen LogP contribution is -2.32. The Kier molecular flexibility index (Phi) is 2.70. The second-order valence-electron chi connectivity index (χ2n) is 2.75. The standard InChI is InChI=1S/C7H10N4O3/c8-4-3-11(2-1-5(9)12)7(14)10-6(4)13/h3H,1-2,8H2,(H2,9,12)(H,10,13,14). The van der Waals surface area contributed by atoms with Crippen molar-refractivity contribution in [3.05, 3.63) is 27.0 Å². The van der Waals surface area contributed by atoms with Gasteiger partial charge in [0.15, 0.2) is 0 Å².